The predicted molar refractivity (Wildman–Crippen MR) is 68.9 cm³/mol. The van der Waals surface area contributed by atoms with E-state index in [1.165, 1.54) is 5.56 Å². The predicted octanol–water partition coefficient (Wildman–Crippen LogP) is 4.69. The third-order valence-electron chi connectivity index (χ3n) is 2.48. The van der Waals surface area contributed by atoms with E-state index in [2.05, 4.69) is 13.2 Å². The van der Waals surface area contributed by atoms with Gasteiger partial charge in [0.05, 0.1) is 0 Å². The summed E-state index contributed by atoms with van der Waals surface area (Å²) in [5.41, 5.74) is 2.68. The number of allylic oxidation sites excluding steroid dienone is 4. The van der Waals surface area contributed by atoms with Crippen molar-refractivity contribution in [1.82, 2.24) is 0 Å². The van der Waals surface area contributed by atoms with Gasteiger partial charge in [-0.3, -0.25) is 0 Å². The molecule has 0 bridgehead atoms. The maximum Gasteiger partial charge on any atom is 0.123 e. The first-order chi connectivity index (χ1) is 7.69. The molecule has 0 aliphatic carbocycles. The number of hydrogen-bond acceptors (Lipinski definition) is 0. The molecule has 0 spiro atoms. The first kappa shape index (κ1) is 12.4. The van der Waals surface area contributed by atoms with Gasteiger partial charge in [0.25, 0.3) is 0 Å². The Labute approximate surface area is 96.8 Å². The lowest BCUT2D eigenvalue weighted by atomic mass is 10.0. The van der Waals surface area contributed by atoms with E-state index in [0.29, 0.717) is 5.57 Å². The molecule has 0 fully saturated rings. The number of halogens is 1. The van der Waals surface area contributed by atoms with Gasteiger partial charge in [-0.25, -0.2) is 4.39 Å². The van der Waals surface area contributed by atoms with Crippen LogP contribution in [0.25, 0.3) is 5.57 Å². The maximum atomic E-state index is 13.1. The fourth-order valence-corrected chi connectivity index (χ4v) is 1.60. The van der Waals surface area contributed by atoms with Crippen LogP contribution in [0.2, 0.25) is 0 Å². The molecule has 1 rings (SSSR count). The summed E-state index contributed by atoms with van der Waals surface area (Å²) in [4.78, 5) is 0. The van der Waals surface area contributed by atoms with Crippen LogP contribution in [0.5, 0.6) is 0 Å². The van der Waals surface area contributed by atoms with Crippen LogP contribution in [0.3, 0.4) is 0 Å². The van der Waals surface area contributed by atoms with Crippen molar-refractivity contribution in [3.05, 3.63) is 66.5 Å². The third kappa shape index (κ3) is 3.20. The topological polar surface area (TPSA) is 0 Å². The Morgan fingerprint density at radius 2 is 1.94 bits per heavy atom. The lowest BCUT2D eigenvalue weighted by Gasteiger charge is -2.05. The minimum atomic E-state index is -0.388. The molecule has 0 aliphatic heterocycles. The van der Waals surface area contributed by atoms with Crippen molar-refractivity contribution in [2.24, 2.45) is 0 Å². The molecule has 1 aromatic rings. The van der Waals surface area contributed by atoms with Crippen molar-refractivity contribution >= 4 is 5.57 Å². The van der Waals surface area contributed by atoms with Gasteiger partial charge in [0.15, 0.2) is 0 Å². The Morgan fingerprint density at radius 3 is 2.38 bits per heavy atom. The zero-order valence-electron chi connectivity index (χ0n) is 9.67. The van der Waals surface area contributed by atoms with Crippen molar-refractivity contribution in [2.45, 2.75) is 19.8 Å². The molecule has 1 heteroatoms. The normalized spacial score (nSPS) is 11.2. The molecule has 1 aromatic carbocycles. The maximum absolute atomic E-state index is 13.1. The second kappa shape index (κ2) is 6.06. The van der Waals surface area contributed by atoms with Gasteiger partial charge < -0.3 is 0 Å². The van der Waals surface area contributed by atoms with Gasteiger partial charge in [0.2, 0.25) is 0 Å². The highest BCUT2D eigenvalue weighted by Crippen LogP contribution is 2.23. The Kier molecular flexibility index (Phi) is 4.71. The van der Waals surface area contributed by atoms with Crippen molar-refractivity contribution in [1.29, 1.82) is 0 Å². The lowest BCUT2D eigenvalue weighted by molar-refractivity contribution is 0.678. The highest BCUT2D eigenvalue weighted by molar-refractivity contribution is 5.76. The Morgan fingerprint density at radius 1 is 1.31 bits per heavy atom. The number of hydrogen-bond donors (Lipinski definition) is 0. The Hall–Kier alpha value is -1.63. The fourth-order valence-electron chi connectivity index (χ4n) is 1.60. The van der Waals surface area contributed by atoms with Gasteiger partial charge >= 0.3 is 0 Å². The summed E-state index contributed by atoms with van der Waals surface area (Å²) in [7, 11) is 0. The molecule has 0 radical (unpaired) electrons. The van der Waals surface area contributed by atoms with E-state index in [4.69, 9.17) is 0 Å². The number of rotatable bonds is 5. The summed E-state index contributed by atoms with van der Waals surface area (Å²) in [6.45, 7) is 8.83. The monoisotopic (exact) mass is 216 g/mol. The van der Waals surface area contributed by atoms with Gasteiger partial charge in [-0.2, -0.15) is 0 Å². The quantitative estimate of drug-likeness (QED) is 0.494. The minimum absolute atomic E-state index is 0.388. The summed E-state index contributed by atoms with van der Waals surface area (Å²) >= 11 is 0. The molecule has 0 saturated heterocycles. The molecule has 0 saturated carbocycles. The van der Waals surface area contributed by atoms with Crippen molar-refractivity contribution in [2.75, 3.05) is 0 Å². The molecule has 0 unspecified atom stereocenters. The van der Waals surface area contributed by atoms with Gasteiger partial charge in [-0.05, 0) is 30.9 Å². The molecule has 0 aromatic heterocycles. The van der Waals surface area contributed by atoms with Gasteiger partial charge in [0, 0.05) is 5.57 Å². The smallest absolute Gasteiger partial charge is 0.123 e. The highest BCUT2D eigenvalue weighted by atomic mass is 19.1. The van der Waals surface area contributed by atoms with E-state index < -0.39 is 0 Å². The summed E-state index contributed by atoms with van der Waals surface area (Å²) in [6, 6.07) is 7.90. The summed E-state index contributed by atoms with van der Waals surface area (Å²) in [5.74, 6) is -0.388. The van der Waals surface area contributed by atoms with E-state index in [1.807, 2.05) is 37.3 Å². The van der Waals surface area contributed by atoms with Crippen LogP contribution < -0.4 is 0 Å². The average molecular weight is 216 g/mol. The van der Waals surface area contributed by atoms with Gasteiger partial charge in [-0.1, -0.05) is 43.0 Å². The van der Waals surface area contributed by atoms with Crippen LogP contribution in [-0.4, -0.2) is 0 Å². The summed E-state index contributed by atoms with van der Waals surface area (Å²) < 4.78 is 13.1. The molecule has 0 nitrogen and oxygen atoms in total. The zero-order valence-corrected chi connectivity index (χ0v) is 9.67. The van der Waals surface area contributed by atoms with Gasteiger partial charge in [-0.15, -0.1) is 6.58 Å². The lowest BCUT2D eigenvalue weighted by Crippen LogP contribution is -1.87. The molecule has 0 aliphatic rings. The van der Waals surface area contributed by atoms with Crippen molar-refractivity contribution in [3.63, 3.8) is 0 Å². The Bertz CT molecular complexity index is 396. The molecule has 84 valence electrons. The molecule has 0 heterocycles. The van der Waals surface area contributed by atoms with Crippen LogP contribution in [-0.2, 0) is 6.42 Å². The first-order valence-electron chi connectivity index (χ1n) is 5.40. The van der Waals surface area contributed by atoms with Crippen LogP contribution in [0.15, 0.2) is 55.4 Å². The van der Waals surface area contributed by atoms with E-state index in [1.54, 1.807) is 6.08 Å². The molecule has 0 N–H and O–H groups in total. The zero-order chi connectivity index (χ0) is 12.0. The molecular weight excluding hydrogens is 199 g/mol. The number of aryl methyl sites for hydroxylation is 1. The van der Waals surface area contributed by atoms with Crippen molar-refractivity contribution < 1.29 is 4.39 Å². The van der Waals surface area contributed by atoms with Crippen LogP contribution in [0.4, 0.5) is 4.39 Å². The van der Waals surface area contributed by atoms with E-state index >= 15 is 0 Å². The molecule has 16 heavy (non-hydrogen) atoms. The molecule has 0 amide bonds. The average Bonchev–Trinajstić information content (AvgIpc) is 2.28. The second-order valence-corrected chi connectivity index (χ2v) is 3.63. The number of benzene rings is 1. The van der Waals surface area contributed by atoms with E-state index in [9.17, 15) is 4.39 Å². The Balaban J connectivity index is 2.85. The van der Waals surface area contributed by atoms with Crippen LogP contribution in [0, 0.1) is 0 Å². The first-order valence-corrected chi connectivity index (χ1v) is 5.40. The van der Waals surface area contributed by atoms with Crippen molar-refractivity contribution in [3.8, 4) is 0 Å². The van der Waals surface area contributed by atoms with Crippen LogP contribution >= 0.6 is 0 Å². The summed E-state index contributed by atoms with van der Waals surface area (Å²) in [5, 5.41) is 0. The fraction of sp³-hybridized carbons (Fsp3) is 0.200. The minimum Gasteiger partial charge on any atom is -0.207 e. The standard InChI is InChI=1S/C15H17F/c1-4-6-7-13-8-10-14(11-9-13)15(5-2)12(3)16/h4-5,8-11H,1,3,6-7H2,2H3/b15-5+. The SMILES string of the molecule is C=CCCc1ccc(/C(=C/C)C(=C)F)cc1. The molecular formula is C15H17F. The van der Waals surface area contributed by atoms with Crippen LogP contribution in [0.1, 0.15) is 24.5 Å². The largest absolute Gasteiger partial charge is 0.207 e. The van der Waals surface area contributed by atoms with E-state index in [0.717, 1.165) is 18.4 Å². The second-order valence-electron chi connectivity index (χ2n) is 3.63. The molecule has 0 atom stereocenters. The summed E-state index contributed by atoms with van der Waals surface area (Å²) in [6.07, 6.45) is 5.58. The van der Waals surface area contributed by atoms with E-state index in [-0.39, 0.29) is 5.83 Å². The highest BCUT2D eigenvalue weighted by Gasteiger charge is 2.03. The third-order valence-corrected chi connectivity index (χ3v) is 2.48. The van der Waals surface area contributed by atoms with Gasteiger partial charge in [0.1, 0.15) is 5.83 Å².